The summed E-state index contributed by atoms with van der Waals surface area (Å²) in [6.45, 7) is 2.02. The summed E-state index contributed by atoms with van der Waals surface area (Å²) in [5.74, 6) is 0. The SMILES string of the molecule is Cc1cc(Br)c(C#N)cc1I. The van der Waals surface area contributed by atoms with Gasteiger partial charge in [-0.15, -0.1) is 0 Å². The lowest BCUT2D eigenvalue weighted by Crippen LogP contribution is -1.84. The minimum absolute atomic E-state index is 0.694. The molecule has 1 aromatic rings. The van der Waals surface area contributed by atoms with Crippen LogP contribution in [0.25, 0.3) is 0 Å². The van der Waals surface area contributed by atoms with E-state index in [1.54, 1.807) is 0 Å². The number of nitriles is 1. The molecular weight excluding hydrogens is 317 g/mol. The van der Waals surface area contributed by atoms with Crippen LogP contribution in [-0.4, -0.2) is 0 Å². The number of hydrogen-bond donors (Lipinski definition) is 0. The van der Waals surface area contributed by atoms with Crippen molar-refractivity contribution in [3.8, 4) is 6.07 Å². The topological polar surface area (TPSA) is 23.8 Å². The number of aryl methyl sites for hydroxylation is 1. The van der Waals surface area contributed by atoms with E-state index in [9.17, 15) is 0 Å². The van der Waals surface area contributed by atoms with E-state index in [2.05, 4.69) is 44.6 Å². The Morgan fingerprint density at radius 3 is 2.73 bits per heavy atom. The van der Waals surface area contributed by atoms with Crippen molar-refractivity contribution in [1.82, 2.24) is 0 Å². The van der Waals surface area contributed by atoms with Crippen LogP contribution in [0.2, 0.25) is 0 Å². The maximum Gasteiger partial charge on any atom is 0.100 e. The van der Waals surface area contributed by atoms with Gasteiger partial charge in [-0.1, -0.05) is 0 Å². The average molecular weight is 322 g/mol. The summed E-state index contributed by atoms with van der Waals surface area (Å²) in [7, 11) is 0. The molecule has 0 saturated heterocycles. The summed E-state index contributed by atoms with van der Waals surface area (Å²) in [4.78, 5) is 0. The molecule has 0 amide bonds. The number of hydrogen-bond acceptors (Lipinski definition) is 1. The molecule has 0 saturated carbocycles. The Balaban J connectivity index is 3.35. The number of halogens is 2. The van der Waals surface area contributed by atoms with Gasteiger partial charge in [0.15, 0.2) is 0 Å². The van der Waals surface area contributed by atoms with E-state index in [-0.39, 0.29) is 0 Å². The number of rotatable bonds is 0. The van der Waals surface area contributed by atoms with Crippen LogP contribution >= 0.6 is 38.5 Å². The summed E-state index contributed by atoms with van der Waals surface area (Å²) in [5, 5.41) is 8.65. The highest BCUT2D eigenvalue weighted by Gasteiger charge is 2.01. The molecule has 0 spiro atoms. The minimum atomic E-state index is 0.694. The van der Waals surface area contributed by atoms with Gasteiger partial charge in [0.2, 0.25) is 0 Å². The Morgan fingerprint density at radius 1 is 1.55 bits per heavy atom. The Kier molecular flexibility index (Phi) is 2.90. The summed E-state index contributed by atoms with van der Waals surface area (Å²) in [5.41, 5.74) is 1.89. The van der Waals surface area contributed by atoms with Gasteiger partial charge < -0.3 is 0 Å². The van der Waals surface area contributed by atoms with Gasteiger partial charge in [-0.3, -0.25) is 0 Å². The lowest BCUT2D eigenvalue weighted by atomic mass is 10.2. The Labute approximate surface area is 87.7 Å². The Bertz CT molecular complexity index is 328. The Morgan fingerprint density at radius 2 is 2.18 bits per heavy atom. The molecule has 0 heterocycles. The molecule has 0 aliphatic heterocycles. The number of benzene rings is 1. The van der Waals surface area contributed by atoms with Crippen molar-refractivity contribution in [3.05, 3.63) is 31.3 Å². The zero-order chi connectivity index (χ0) is 8.43. The Hall–Kier alpha value is -0.0800. The van der Waals surface area contributed by atoms with Gasteiger partial charge in [0, 0.05) is 8.04 Å². The molecule has 0 fully saturated rings. The third-order valence-electron chi connectivity index (χ3n) is 1.37. The van der Waals surface area contributed by atoms with Gasteiger partial charge in [0.25, 0.3) is 0 Å². The quantitative estimate of drug-likeness (QED) is 0.673. The third kappa shape index (κ3) is 1.94. The van der Waals surface area contributed by atoms with Gasteiger partial charge in [0.05, 0.1) is 5.56 Å². The molecule has 11 heavy (non-hydrogen) atoms. The van der Waals surface area contributed by atoms with Crippen molar-refractivity contribution in [2.24, 2.45) is 0 Å². The van der Waals surface area contributed by atoms with Crippen LogP contribution in [0.15, 0.2) is 16.6 Å². The minimum Gasteiger partial charge on any atom is -0.192 e. The normalized spacial score (nSPS) is 9.27. The molecule has 0 aliphatic carbocycles. The van der Waals surface area contributed by atoms with E-state index in [1.807, 2.05) is 19.1 Å². The molecular formula is C8H5BrIN. The highest BCUT2D eigenvalue weighted by molar-refractivity contribution is 14.1. The summed E-state index contributed by atoms with van der Waals surface area (Å²) in [6.07, 6.45) is 0. The highest BCUT2D eigenvalue weighted by atomic mass is 127. The first kappa shape index (κ1) is 9.01. The second kappa shape index (κ2) is 3.55. The van der Waals surface area contributed by atoms with E-state index in [4.69, 9.17) is 5.26 Å². The first-order chi connectivity index (χ1) is 5.15. The van der Waals surface area contributed by atoms with Crippen LogP contribution in [0.3, 0.4) is 0 Å². The smallest absolute Gasteiger partial charge is 0.100 e. The van der Waals surface area contributed by atoms with E-state index in [0.717, 1.165) is 8.04 Å². The van der Waals surface area contributed by atoms with E-state index >= 15 is 0 Å². The highest BCUT2D eigenvalue weighted by Crippen LogP contribution is 2.21. The molecule has 0 atom stereocenters. The first-order valence-corrected chi connectivity index (χ1v) is 4.88. The summed E-state index contributed by atoms with van der Waals surface area (Å²) >= 11 is 5.53. The average Bonchev–Trinajstić information content (AvgIpc) is 1.97. The van der Waals surface area contributed by atoms with Gasteiger partial charge in [-0.05, 0) is 63.1 Å². The molecule has 0 bridgehead atoms. The molecule has 1 aromatic carbocycles. The first-order valence-electron chi connectivity index (χ1n) is 3.01. The fourth-order valence-electron chi connectivity index (χ4n) is 0.732. The second-order valence-electron chi connectivity index (χ2n) is 2.19. The fraction of sp³-hybridized carbons (Fsp3) is 0.125. The van der Waals surface area contributed by atoms with Crippen molar-refractivity contribution in [2.75, 3.05) is 0 Å². The van der Waals surface area contributed by atoms with Crippen LogP contribution in [0, 0.1) is 21.8 Å². The monoisotopic (exact) mass is 321 g/mol. The molecule has 1 nitrogen and oxygen atoms in total. The van der Waals surface area contributed by atoms with Crippen molar-refractivity contribution in [2.45, 2.75) is 6.92 Å². The molecule has 0 aromatic heterocycles. The van der Waals surface area contributed by atoms with Crippen molar-refractivity contribution < 1.29 is 0 Å². The summed E-state index contributed by atoms with van der Waals surface area (Å²) in [6, 6.07) is 5.95. The maximum atomic E-state index is 8.65. The molecule has 0 aliphatic rings. The lowest BCUT2D eigenvalue weighted by Gasteiger charge is -1.99. The number of nitrogens with zero attached hydrogens (tertiary/aromatic N) is 1. The zero-order valence-corrected chi connectivity index (χ0v) is 9.60. The van der Waals surface area contributed by atoms with Gasteiger partial charge in [0.1, 0.15) is 6.07 Å². The van der Waals surface area contributed by atoms with Gasteiger partial charge in [-0.2, -0.15) is 5.26 Å². The van der Waals surface area contributed by atoms with Crippen molar-refractivity contribution >= 4 is 38.5 Å². The van der Waals surface area contributed by atoms with Gasteiger partial charge in [-0.25, -0.2) is 0 Å². The van der Waals surface area contributed by atoms with Crippen molar-refractivity contribution in [3.63, 3.8) is 0 Å². The molecule has 1 rings (SSSR count). The van der Waals surface area contributed by atoms with Crippen LogP contribution in [0.4, 0.5) is 0 Å². The van der Waals surface area contributed by atoms with Crippen LogP contribution in [0.5, 0.6) is 0 Å². The van der Waals surface area contributed by atoms with Crippen molar-refractivity contribution in [1.29, 1.82) is 5.26 Å². The van der Waals surface area contributed by atoms with Crippen LogP contribution in [-0.2, 0) is 0 Å². The standard InChI is InChI=1S/C8H5BrIN/c1-5-2-7(9)6(4-11)3-8(5)10/h2-3H,1H3. The van der Waals surface area contributed by atoms with Crippen LogP contribution in [0.1, 0.15) is 11.1 Å². The van der Waals surface area contributed by atoms with E-state index in [0.29, 0.717) is 5.56 Å². The predicted octanol–water partition coefficient (Wildman–Crippen LogP) is 3.23. The fourth-order valence-corrected chi connectivity index (χ4v) is 1.75. The molecule has 0 radical (unpaired) electrons. The van der Waals surface area contributed by atoms with E-state index < -0.39 is 0 Å². The summed E-state index contributed by atoms with van der Waals surface area (Å²) < 4.78 is 2.00. The zero-order valence-electron chi connectivity index (χ0n) is 5.86. The second-order valence-corrected chi connectivity index (χ2v) is 4.21. The largest absolute Gasteiger partial charge is 0.192 e. The predicted molar refractivity (Wildman–Crippen MR) is 56.3 cm³/mol. The maximum absolute atomic E-state index is 8.65. The third-order valence-corrected chi connectivity index (χ3v) is 3.19. The molecule has 56 valence electrons. The molecule has 3 heteroatoms. The molecule has 0 unspecified atom stereocenters. The molecule has 0 N–H and O–H groups in total. The van der Waals surface area contributed by atoms with Crippen LogP contribution < -0.4 is 0 Å². The van der Waals surface area contributed by atoms with E-state index in [1.165, 1.54) is 5.56 Å². The van der Waals surface area contributed by atoms with Gasteiger partial charge >= 0.3 is 0 Å². The lowest BCUT2D eigenvalue weighted by molar-refractivity contribution is 1.37.